The summed E-state index contributed by atoms with van der Waals surface area (Å²) in [5.74, 6) is 0.458. The minimum atomic E-state index is -1.65. The third-order valence-electron chi connectivity index (χ3n) is 2.73. The van der Waals surface area contributed by atoms with E-state index in [1.54, 1.807) is 4.90 Å². The molecule has 2 heterocycles. The molecule has 0 bridgehead atoms. The second-order valence-corrected chi connectivity index (χ2v) is 4.15. The normalized spacial score (nSPS) is 30.4. The minimum absolute atomic E-state index is 0.0532. The maximum absolute atomic E-state index is 13.9. The summed E-state index contributed by atoms with van der Waals surface area (Å²) in [6.07, 6.45) is 0.694. The van der Waals surface area contributed by atoms with Gasteiger partial charge in [-0.3, -0.25) is 0 Å². The number of rotatable bonds is 1. The molecule has 0 unspecified atom stereocenters. The van der Waals surface area contributed by atoms with Crippen LogP contribution in [0.25, 0.3) is 0 Å². The Kier molecular flexibility index (Phi) is 2.63. The molecule has 0 aromatic carbocycles. The molecule has 0 spiro atoms. The van der Waals surface area contributed by atoms with Gasteiger partial charge in [-0.2, -0.15) is 4.98 Å². The molecule has 6 nitrogen and oxygen atoms in total. The van der Waals surface area contributed by atoms with E-state index < -0.39 is 11.8 Å². The van der Waals surface area contributed by atoms with Crippen LogP contribution in [0.3, 0.4) is 0 Å². The molecule has 0 radical (unpaired) electrons. The Morgan fingerprint density at radius 1 is 1.62 bits per heavy atom. The molecule has 0 aliphatic carbocycles. The molecule has 1 aromatic heterocycles. The zero-order chi connectivity index (χ0) is 11.8. The van der Waals surface area contributed by atoms with Crippen LogP contribution in [0.5, 0.6) is 0 Å². The number of hydrogen-bond donors (Lipinski definition) is 2. The van der Waals surface area contributed by atoms with Crippen molar-refractivity contribution in [2.45, 2.75) is 25.1 Å². The average Bonchev–Trinajstić information content (AvgIpc) is 2.22. The van der Waals surface area contributed by atoms with E-state index in [0.29, 0.717) is 18.9 Å². The average molecular weight is 227 g/mol. The Bertz CT molecular complexity index is 386. The number of nitrogens with zero attached hydrogens (tertiary/aromatic N) is 4. The molecule has 1 fully saturated rings. The van der Waals surface area contributed by atoms with Crippen molar-refractivity contribution in [1.82, 2.24) is 15.0 Å². The highest BCUT2D eigenvalue weighted by Gasteiger charge is 2.39. The number of aliphatic hydroxyl groups is 1. The van der Waals surface area contributed by atoms with Crippen LogP contribution in [0.15, 0.2) is 6.33 Å². The topological polar surface area (TPSA) is 88.2 Å². The van der Waals surface area contributed by atoms with Crippen molar-refractivity contribution in [3.63, 3.8) is 0 Å². The summed E-state index contributed by atoms with van der Waals surface area (Å²) in [7, 11) is 0. The first-order chi connectivity index (χ1) is 7.49. The van der Waals surface area contributed by atoms with Gasteiger partial charge in [-0.15, -0.1) is 0 Å². The highest BCUT2D eigenvalue weighted by atomic mass is 19.1. The Labute approximate surface area is 92.3 Å². The van der Waals surface area contributed by atoms with Crippen LogP contribution in [-0.2, 0) is 0 Å². The monoisotopic (exact) mass is 227 g/mol. The van der Waals surface area contributed by atoms with E-state index in [-0.39, 0.29) is 12.5 Å². The first-order valence-corrected chi connectivity index (χ1v) is 5.05. The summed E-state index contributed by atoms with van der Waals surface area (Å²) < 4.78 is 13.9. The molecule has 3 N–H and O–H groups in total. The fourth-order valence-corrected chi connectivity index (χ4v) is 1.76. The zero-order valence-corrected chi connectivity index (χ0v) is 8.97. The fourth-order valence-electron chi connectivity index (χ4n) is 1.76. The lowest BCUT2D eigenvalue weighted by Gasteiger charge is -2.38. The van der Waals surface area contributed by atoms with Crippen LogP contribution in [0.1, 0.15) is 13.3 Å². The zero-order valence-electron chi connectivity index (χ0n) is 8.97. The highest BCUT2D eigenvalue weighted by Crippen LogP contribution is 2.27. The van der Waals surface area contributed by atoms with E-state index >= 15 is 0 Å². The summed E-state index contributed by atoms with van der Waals surface area (Å²) >= 11 is 0. The second-order valence-electron chi connectivity index (χ2n) is 4.15. The number of nitrogen functional groups attached to an aromatic ring is 1. The van der Waals surface area contributed by atoms with Crippen molar-refractivity contribution in [2.24, 2.45) is 0 Å². The predicted molar refractivity (Wildman–Crippen MR) is 56.6 cm³/mol. The number of hydrogen-bond acceptors (Lipinski definition) is 6. The summed E-state index contributed by atoms with van der Waals surface area (Å²) in [6.45, 7) is 1.93. The van der Waals surface area contributed by atoms with Gasteiger partial charge in [0.2, 0.25) is 11.9 Å². The van der Waals surface area contributed by atoms with E-state index in [9.17, 15) is 9.50 Å². The van der Waals surface area contributed by atoms with Gasteiger partial charge in [-0.25, -0.2) is 14.4 Å². The Morgan fingerprint density at radius 2 is 2.38 bits per heavy atom. The number of nitrogens with two attached hydrogens (primary N) is 1. The predicted octanol–water partition coefficient (Wildman–Crippen LogP) is -0.247. The van der Waals surface area contributed by atoms with Crippen molar-refractivity contribution in [3.05, 3.63) is 6.33 Å². The van der Waals surface area contributed by atoms with E-state index in [0.717, 1.165) is 0 Å². The summed E-state index contributed by atoms with van der Waals surface area (Å²) in [4.78, 5) is 13.2. The van der Waals surface area contributed by atoms with Gasteiger partial charge in [-0.1, -0.05) is 0 Å². The van der Waals surface area contributed by atoms with E-state index in [1.165, 1.54) is 13.3 Å². The van der Waals surface area contributed by atoms with Gasteiger partial charge in [0.1, 0.15) is 6.33 Å². The van der Waals surface area contributed by atoms with Gasteiger partial charge in [0.15, 0.2) is 5.67 Å². The maximum Gasteiger partial charge on any atom is 0.230 e. The molecule has 2 rings (SSSR count). The van der Waals surface area contributed by atoms with Gasteiger partial charge in [0, 0.05) is 6.54 Å². The summed E-state index contributed by atoms with van der Waals surface area (Å²) in [5.41, 5.74) is 3.78. The smallest absolute Gasteiger partial charge is 0.230 e. The van der Waals surface area contributed by atoms with Crippen molar-refractivity contribution < 1.29 is 9.50 Å². The van der Waals surface area contributed by atoms with Gasteiger partial charge in [0.05, 0.1) is 12.6 Å². The molecule has 1 saturated heterocycles. The van der Waals surface area contributed by atoms with Crippen LogP contribution >= 0.6 is 0 Å². The Hall–Kier alpha value is -1.50. The van der Waals surface area contributed by atoms with Crippen LogP contribution < -0.4 is 10.6 Å². The lowest BCUT2D eigenvalue weighted by atomic mass is 9.94. The molecule has 0 saturated carbocycles. The van der Waals surface area contributed by atoms with Gasteiger partial charge in [-0.05, 0) is 13.3 Å². The number of alkyl halides is 1. The molecule has 1 aliphatic heterocycles. The van der Waals surface area contributed by atoms with E-state index in [1.807, 2.05) is 0 Å². The Morgan fingerprint density at radius 3 is 3.00 bits per heavy atom. The lowest BCUT2D eigenvalue weighted by Crippen LogP contribution is -2.53. The third kappa shape index (κ3) is 2.04. The fraction of sp³-hybridized carbons (Fsp3) is 0.667. The second kappa shape index (κ2) is 3.82. The summed E-state index contributed by atoms with van der Waals surface area (Å²) in [6, 6.07) is 0. The van der Waals surface area contributed by atoms with Crippen LogP contribution in [0.4, 0.5) is 16.3 Å². The Balaban J connectivity index is 2.18. The highest BCUT2D eigenvalue weighted by molar-refractivity contribution is 5.34. The molecular formula is C9H14FN5O. The maximum atomic E-state index is 13.9. The standard InChI is InChI=1S/C9H14FN5O/c1-9(10)4-15(3-2-6(9)16)8-13-5-12-7(11)14-8/h5-6,16H,2-4H2,1H3,(H2,11,12,13,14)/t6-,9+/m0/s1. The molecule has 16 heavy (non-hydrogen) atoms. The number of anilines is 2. The molecule has 1 aromatic rings. The van der Waals surface area contributed by atoms with E-state index in [2.05, 4.69) is 15.0 Å². The van der Waals surface area contributed by atoms with Crippen molar-refractivity contribution >= 4 is 11.9 Å². The molecule has 2 atom stereocenters. The van der Waals surface area contributed by atoms with Crippen molar-refractivity contribution in [3.8, 4) is 0 Å². The van der Waals surface area contributed by atoms with Crippen LogP contribution in [-0.4, -0.2) is 44.9 Å². The lowest BCUT2D eigenvalue weighted by molar-refractivity contribution is -0.00860. The number of piperidine rings is 1. The van der Waals surface area contributed by atoms with Gasteiger partial charge in [0.25, 0.3) is 0 Å². The molecular weight excluding hydrogens is 213 g/mol. The van der Waals surface area contributed by atoms with Gasteiger partial charge >= 0.3 is 0 Å². The van der Waals surface area contributed by atoms with Crippen molar-refractivity contribution in [2.75, 3.05) is 23.7 Å². The summed E-state index contributed by atoms with van der Waals surface area (Å²) in [5, 5.41) is 9.48. The SMILES string of the molecule is C[C@@]1(F)CN(c2ncnc(N)n2)CC[C@@H]1O. The molecule has 88 valence electrons. The first-order valence-electron chi connectivity index (χ1n) is 5.05. The minimum Gasteiger partial charge on any atom is -0.390 e. The molecule has 0 amide bonds. The molecule has 1 aliphatic rings. The number of halogens is 1. The quantitative estimate of drug-likeness (QED) is 0.688. The molecule has 7 heteroatoms. The van der Waals surface area contributed by atoms with E-state index in [4.69, 9.17) is 5.73 Å². The first kappa shape index (κ1) is 11.0. The third-order valence-corrected chi connectivity index (χ3v) is 2.73. The largest absolute Gasteiger partial charge is 0.390 e. The number of aliphatic hydroxyl groups excluding tert-OH is 1. The number of aromatic nitrogens is 3. The van der Waals surface area contributed by atoms with Gasteiger partial charge < -0.3 is 15.7 Å². The van der Waals surface area contributed by atoms with Crippen LogP contribution in [0.2, 0.25) is 0 Å². The van der Waals surface area contributed by atoms with Crippen molar-refractivity contribution in [1.29, 1.82) is 0 Å². The van der Waals surface area contributed by atoms with Crippen LogP contribution in [0, 0.1) is 0 Å².